The molecule has 0 bridgehead atoms. The summed E-state index contributed by atoms with van der Waals surface area (Å²) < 4.78 is 16.4. The molecule has 2 N–H and O–H groups in total. The van der Waals surface area contributed by atoms with Gasteiger partial charge in [0.1, 0.15) is 11.9 Å². The predicted molar refractivity (Wildman–Crippen MR) is 131 cm³/mol. The Kier molecular flexibility index (Phi) is 6.10. The largest absolute Gasteiger partial charge is 0.324 e. The second-order valence-electron chi connectivity index (χ2n) is 7.89. The monoisotopic (exact) mass is 473 g/mol. The Balaban J connectivity index is 1.44. The summed E-state index contributed by atoms with van der Waals surface area (Å²) in [5.74, 6) is -0.133. The summed E-state index contributed by atoms with van der Waals surface area (Å²) in [6.45, 7) is 0. The van der Waals surface area contributed by atoms with Crippen molar-refractivity contribution >= 4 is 35.1 Å². The Morgan fingerprint density at radius 3 is 2.50 bits per heavy atom. The third-order valence-electron chi connectivity index (χ3n) is 5.58. The Morgan fingerprint density at radius 1 is 1.03 bits per heavy atom. The number of hydrogen-bond donors (Lipinski definition) is 2. The smallest absolute Gasteiger partial charge is 0.250 e. The molecule has 0 radical (unpaired) electrons. The average Bonchev–Trinajstić information content (AvgIpc) is 3.26. The van der Waals surface area contributed by atoms with Crippen molar-refractivity contribution in [3.8, 4) is 0 Å². The zero-order valence-electron chi connectivity index (χ0n) is 18.1. The van der Waals surface area contributed by atoms with Crippen LogP contribution in [0.4, 0.5) is 16.3 Å². The van der Waals surface area contributed by atoms with Gasteiger partial charge in [0.05, 0.1) is 0 Å². The highest BCUT2D eigenvalue weighted by molar-refractivity contribution is 6.31. The first-order valence-electron chi connectivity index (χ1n) is 10.9. The van der Waals surface area contributed by atoms with Gasteiger partial charge in [-0.2, -0.15) is 4.98 Å². The van der Waals surface area contributed by atoms with Crippen LogP contribution in [0.15, 0.2) is 84.9 Å². The van der Waals surface area contributed by atoms with Crippen LogP contribution in [0.3, 0.4) is 0 Å². The molecule has 0 saturated heterocycles. The molecule has 170 valence electrons. The molecule has 34 heavy (non-hydrogen) atoms. The van der Waals surface area contributed by atoms with Crippen LogP contribution >= 0.6 is 11.6 Å². The number of rotatable bonds is 6. The normalized spacial score (nSPS) is 14.6. The topological polar surface area (TPSA) is 71.8 Å². The van der Waals surface area contributed by atoms with Gasteiger partial charge < -0.3 is 5.32 Å². The van der Waals surface area contributed by atoms with Gasteiger partial charge in [-0.05, 0) is 35.8 Å². The predicted octanol–water partition coefficient (Wildman–Crippen LogP) is 5.70. The van der Waals surface area contributed by atoms with E-state index < -0.39 is 11.9 Å². The van der Waals surface area contributed by atoms with Crippen molar-refractivity contribution in [3.63, 3.8) is 0 Å². The summed E-state index contributed by atoms with van der Waals surface area (Å²) >= 11 is 6.39. The maximum atomic E-state index is 14.9. The average molecular weight is 474 g/mol. The second-order valence-corrected chi connectivity index (χ2v) is 8.30. The molecule has 1 amide bonds. The molecule has 8 heteroatoms. The highest BCUT2D eigenvalue weighted by Gasteiger charge is 2.29. The van der Waals surface area contributed by atoms with Gasteiger partial charge in [-0.1, -0.05) is 78.3 Å². The number of aromatic nitrogens is 3. The molecule has 1 atom stereocenters. The number of amides is 1. The van der Waals surface area contributed by atoms with Gasteiger partial charge in [-0.25, -0.2) is 9.07 Å². The number of nitrogens with one attached hydrogen (secondary N) is 2. The number of carbonyl (C=O) groups excluding carboxylic acids is 1. The summed E-state index contributed by atoms with van der Waals surface area (Å²) in [5, 5.41) is 10.7. The molecule has 4 aromatic rings. The van der Waals surface area contributed by atoms with Crippen LogP contribution in [-0.2, 0) is 11.2 Å². The maximum Gasteiger partial charge on any atom is 0.250 e. The van der Waals surface area contributed by atoms with Crippen molar-refractivity contribution in [2.45, 2.75) is 18.9 Å². The fourth-order valence-corrected chi connectivity index (χ4v) is 4.20. The molecule has 0 unspecified atom stereocenters. The third kappa shape index (κ3) is 4.56. The van der Waals surface area contributed by atoms with Gasteiger partial charge in [0.15, 0.2) is 0 Å². The Bertz CT molecular complexity index is 1330. The van der Waals surface area contributed by atoms with Crippen molar-refractivity contribution in [3.05, 3.63) is 112 Å². The molecule has 1 aliphatic heterocycles. The first-order chi connectivity index (χ1) is 16.6. The number of nitrogens with zero attached hydrogens (tertiary/aromatic N) is 3. The lowest BCUT2D eigenvalue weighted by atomic mass is 10.0. The number of allylic oxidation sites excluding steroid dienone is 1. The van der Waals surface area contributed by atoms with Crippen LogP contribution in [0.1, 0.15) is 29.2 Å². The molecule has 0 saturated carbocycles. The molecule has 1 aliphatic rings. The quantitative estimate of drug-likeness (QED) is 0.377. The van der Waals surface area contributed by atoms with Gasteiger partial charge in [0.2, 0.25) is 11.9 Å². The molecule has 0 fully saturated rings. The van der Waals surface area contributed by atoms with Crippen LogP contribution in [0, 0.1) is 5.82 Å². The van der Waals surface area contributed by atoms with E-state index in [0.717, 1.165) is 16.8 Å². The summed E-state index contributed by atoms with van der Waals surface area (Å²) in [7, 11) is 0. The Hall–Kier alpha value is -3.97. The molecule has 3 aromatic carbocycles. The van der Waals surface area contributed by atoms with E-state index in [9.17, 15) is 9.18 Å². The van der Waals surface area contributed by atoms with E-state index in [0.29, 0.717) is 12.4 Å². The van der Waals surface area contributed by atoms with Gasteiger partial charge in [0, 0.05) is 22.7 Å². The van der Waals surface area contributed by atoms with Gasteiger partial charge in [-0.3, -0.25) is 10.1 Å². The minimum atomic E-state index is -0.650. The zero-order valence-corrected chi connectivity index (χ0v) is 18.8. The first-order valence-corrected chi connectivity index (χ1v) is 11.2. The van der Waals surface area contributed by atoms with Crippen LogP contribution in [0.2, 0.25) is 5.02 Å². The molecule has 0 aliphatic carbocycles. The van der Waals surface area contributed by atoms with E-state index in [2.05, 4.69) is 20.7 Å². The Labute approximate surface area is 201 Å². The number of fused-ring (bicyclic) bond motifs is 1. The van der Waals surface area contributed by atoms with E-state index in [1.807, 2.05) is 66.7 Å². The van der Waals surface area contributed by atoms with Crippen molar-refractivity contribution in [2.75, 3.05) is 10.6 Å². The molecule has 6 nitrogen and oxygen atoms in total. The lowest BCUT2D eigenvalue weighted by molar-refractivity contribution is -0.116. The second kappa shape index (κ2) is 9.49. The number of aryl methyl sites for hydroxylation is 1. The van der Waals surface area contributed by atoms with E-state index in [-0.39, 0.29) is 28.9 Å². The van der Waals surface area contributed by atoms with E-state index in [1.165, 1.54) is 10.7 Å². The SMILES string of the molecule is O=C(CCc1ccccc1)Nc1nc2n(n1)[C@@H](c1c(F)cccc1Cl)C=C(c1ccccc1)N2. The lowest BCUT2D eigenvalue weighted by Gasteiger charge is -2.25. The summed E-state index contributed by atoms with van der Waals surface area (Å²) in [5.41, 5.74) is 3.00. The van der Waals surface area contributed by atoms with Crippen LogP contribution in [0.25, 0.3) is 5.70 Å². The Morgan fingerprint density at radius 2 is 1.76 bits per heavy atom. The van der Waals surface area contributed by atoms with Crippen molar-refractivity contribution in [1.82, 2.24) is 14.8 Å². The fraction of sp³-hybridized carbons (Fsp3) is 0.115. The maximum absolute atomic E-state index is 14.9. The van der Waals surface area contributed by atoms with Gasteiger partial charge in [-0.15, -0.1) is 5.10 Å². The molecule has 2 heterocycles. The molecular formula is C26H21ClFN5O. The highest BCUT2D eigenvalue weighted by atomic mass is 35.5. The van der Waals surface area contributed by atoms with Gasteiger partial charge in [0.25, 0.3) is 5.95 Å². The van der Waals surface area contributed by atoms with Crippen LogP contribution in [0.5, 0.6) is 0 Å². The lowest BCUT2D eigenvalue weighted by Crippen LogP contribution is -2.21. The standard InChI is InChI=1S/C26H21ClFN5O/c27-19-12-7-13-20(28)24(19)22-16-21(18-10-5-2-6-11-18)29-26-31-25(32-33(22)26)30-23(34)15-14-17-8-3-1-4-9-17/h1-13,16,22H,14-15H2,(H2,29,30,31,32,34)/t22-/m1/s1. The zero-order chi connectivity index (χ0) is 23.5. The van der Waals surface area contributed by atoms with Crippen molar-refractivity contribution in [1.29, 1.82) is 0 Å². The first kappa shape index (κ1) is 21.9. The summed E-state index contributed by atoms with van der Waals surface area (Å²) in [6, 6.07) is 23.3. The number of hydrogen-bond acceptors (Lipinski definition) is 4. The van der Waals surface area contributed by atoms with Crippen LogP contribution < -0.4 is 10.6 Å². The number of halogens is 2. The number of anilines is 2. The molecule has 5 rings (SSSR count). The van der Waals surface area contributed by atoms with E-state index >= 15 is 0 Å². The minimum absolute atomic E-state index is 0.140. The molecule has 1 aromatic heterocycles. The number of benzene rings is 3. The third-order valence-corrected chi connectivity index (χ3v) is 5.91. The summed E-state index contributed by atoms with van der Waals surface area (Å²) in [4.78, 5) is 17.0. The fourth-order valence-electron chi connectivity index (χ4n) is 3.92. The van der Waals surface area contributed by atoms with E-state index in [4.69, 9.17) is 11.6 Å². The van der Waals surface area contributed by atoms with E-state index in [1.54, 1.807) is 12.1 Å². The summed E-state index contributed by atoms with van der Waals surface area (Å²) in [6.07, 6.45) is 2.74. The van der Waals surface area contributed by atoms with Crippen molar-refractivity contribution in [2.24, 2.45) is 0 Å². The minimum Gasteiger partial charge on any atom is -0.324 e. The van der Waals surface area contributed by atoms with Gasteiger partial charge >= 0.3 is 0 Å². The number of carbonyl (C=O) groups is 1. The van der Waals surface area contributed by atoms with Crippen LogP contribution in [-0.4, -0.2) is 20.7 Å². The van der Waals surface area contributed by atoms with Crippen molar-refractivity contribution < 1.29 is 9.18 Å². The molecule has 0 spiro atoms. The molecular weight excluding hydrogens is 453 g/mol. The highest BCUT2D eigenvalue weighted by Crippen LogP contribution is 2.37.